The van der Waals surface area contributed by atoms with E-state index in [1.165, 1.54) is 25.7 Å². The molecular weight excluding hydrogens is 210 g/mol. The lowest BCUT2D eigenvalue weighted by Gasteiger charge is -2.35. The van der Waals surface area contributed by atoms with Crippen molar-refractivity contribution in [2.24, 2.45) is 5.92 Å². The molecule has 2 aliphatic rings. The summed E-state index contributed by atoms with van der Waals surface area (Å²) in [6.07, 6.45) is 4.67. The molecule has 1 saturated heterocycles. The van der Waals surface area contributed by atoms with E-state index in [0.717, 1.165) is 31.1 Å². The minimum absolute atomic E-state index is 0.0737. The van der Waals surface area contributed by atoms with E-state index in [0.29, 0.717) is 0 Å². The first-order valence-electron chi connectivity index (χ1n) is 5.68. The van der Waals surface area contributed by atoms with Crippen LogP contribution in [0.3, 0.4) is 0 Å². The average Bonchev–Trinajstić information content (AvgIpc) is 3.10. The van der Waals surface area contributed by atoms with Gasteiger partial charge in [0.25, 0.3) is 0 Å². The summed E-state index contributed by atoms with van der Waals surface area (Å²) in [5.41, 5.74) is -0.389. The van der Waals surface area contributed by atoms with Crippen LogP contribution in [0.4, 0.5) is 0 Å². The van der Waals surface area contributed by atoms with Crippen LogP contribution in [-0.4, -0.2) is 36.7 Å². The van der Waals surface area contributed by atoms with Crippen LogP contribution in [0.5, 0.6) is 0 Å². The second-order valence-corrected chi connectivity index (χ2v) is 5.66. The molecule has 1 heterocycles. The van der Waals surface area contributed by atoms with Crippen molar-refractivity contribution in [1.82, 2.24) is 5.32 Å². The number of carbonyl (C=O) groups excluding carboxylic acids is 1. The molecule has 86 valence electrons. The summed E-state index contributed by atoms with van der Waals surface area (Å²) < 4.78 is 4.93. The van der Waals surface area contributed by atoms with Crippen molar-refractivity contribution < 1.29 is 9.53 Å². The van der Waals surface area contributed by atoms with Crippen molar-refractivity contribution in [2.45, 2.75) is 31.2 Å². The first-order chi connectivity index (χ1) is 7.27. The predicted octanol–water partition coefficient (Wildman–Crippen LogP) is 1.42. The lowest BCUT2D eigenvalue weighted by molar-refractivity contribution is -0.148. The molecule has 1 aliphatic carbocycles. The van der Waals surface area contributed by atoms with Gasteiger partial charge in [0.15, 0.2) is 0 Å². The quantitative estimate of drug-likeness (QED) is 0.740. The fourth-order valence-electron chi connectivity index (χ4n) is 2.02. The Morgan fingerprint density at radius 2 is 2.40 bits per heavy atom. The highest BCUT2D eigenvalue weighted by Gasteiger charge is 2.41. The first kappa shape index (κ1) is 11.3. The summed E-state index contributed by atoms with van der Waals surface area (Å²) >= 11 is 1.85. The van der Waals surface area contributed by atoms with Gasteiger partial charge in [0.1, 0.15) is 5.54 Å². The number of hydrogen-bond donors (Lipinski definition) is 1. The van der Waals surface area contributed by atoms with Crippen LogP contribution < -0.4 is 5.32 Å². The molecule has 1 saturated carbocycles. The van der Waals surface area contributed by atoms with E-state index < -0.39 is 0 Å². The number of esters is 1. The third kappa shape index (κ3) is 2.67. The number of carbonyl (C=O) groups is 1. The molecule has 0 aromatic carbocycles. The molecule has 2 rings (SSSR count). The van der Waals surface area contributed by atoms with Gasteiger partial charge in [-0.05, 0) is 43.9 Å². The zero-order valence-corrected chi connectivity index (χ0v) is 10.1. The Bertz CT molecular complexity index is 235. The highest BCUT2D eigenvalue weighted by atomic mass is 32.2. The van der Waals surface area contributed by atoms with Gasteiger partial charge in [0.2, 0.25) is 0 Å². The molecule has 4 heteroatoms. The number of methoxy groups -OCH3 is 1. The zero-order valence-electron chi connectivity index (χ0n) is 9.25. The number of nitrogens with one attached hydrogen (secondary N) is 1. The molecule has 0 amide bonds. The topological polar surface area (TPSA) is 38.3 Å². The van der Waals surface area contributed by atoms with Crippen LogP contribution in [0.15, 0.2) is 0 Å². The molecule has 0 spiro atoms. The van der Waals surface area contributed by atoms with Crippen molar-refractivity contribution >= 4 is 17.7 Å². The van der Waals surface area contributed by atoms with Gasteiger partial charge in [-0.3, -0.25) is 4.79 Å². The molecule has 1 aliphatic heterocycles. The molecule has 2 fully saturated rings. The normalized spacial score (nSPS) is 31.3. The average molecular weight is 229 g/mol. The summed E-state index contributed by atoms with van der Waals surface area (Å²) in [4.78, 5) is 11.8. The molecule has 0 bridgehead atoms. The molecule has 1 unspecified atom stereocenters. The van der Waals surface area contributed by atoms with Crippen molar-refractivity contribution in [1.29, 1.82) is 0 Å². The van der Waals surface area contributed by atoms with Crippen LogP contribution in [0, 0.1) is 5.92 Å². The van der Waals surface area contributed by atoms with E-state index in [9.17, 15) is 4.79 Å². The molecule has 0 aromatic heterocycles. The van der Waals surface area contributed by atoms with E-state index >= 15 is 0 Å². The third-order valence-electron chi connectivity index (χ3n) is 3.24. The lowest BCUT2D eigenvalue weighted by atomic mass is 9.95. The Labute approximate surface area is 95.3 Å². The van der Waals surface area contributed by atoms with Gasteiger partial charge in [-0.15, -0.1) is 0 Å². The number of thioether (sulfide) groups is 1. The van der Waals surface area contributed by atoms with Gasteiger partial charge in [-0.1, -0.05) is 0 Å². The van der Waals surface area contributed by atoms with Gasteiger partial charge < -0.3 is 10.1 Å². The van der Waals surface area contributed by atoms with Crippen LogP contribution >= 0.6 is 11.8 Å². The zero-order chi connectivity index (χ0) is 10.7. The van der Waals surface area contributed by atoms with Crippen molar-refractivity contribution in [3.63, 3.8) is 0 Å². The van der Waals surface area contributed by atoms with Crippen molar-refractivity contribution in [3.8, 4) is 0 Å². The predicted molar refractivity (Wildman–Crippen MR) is 62.0 cm³/mol. The molecule has 1 N–H and O–H groups in total. The summed E-state index contributed by atoms with van der Waals surface area (Å²) in [5.74, 6) is 2.77. The van der Waals surface area contributed by atoms with E-state index in [-0.39, 0.29) is 11.5 Å². The smallest absolute Gasteiger partial charge is 0.326 e. The Kier molecular flexibility index (Phi) is 3.57. The molecule has 15 heavy (non-hydrogen) atoms. The standard InChI is InChI=1S/C11H19NO2S/c1-14-10(13)11(5-2-6-15-8-11)12-7-9-3-4-9/h9,12H,2-8H2,1H3. The van der Waals surface area contributed by atoms with Crippen LogP contribution in [0.2, 0.25) is 0 Å². The van der Waals surface area contributed by atoms with Gasteiger partial charge in [0.05, 0.1) is 7.11 Å². The highest BCUT2D eigenvalue weighted by Crippen LogP contribution is 2.32. The van der Waals surface area contributed by atoms with Crippen molar-refractivity contribution in [3.05, 3.63) is 0 Å². The van der Waals surface area contributed by atoms with E-state index in [1.807, 2.05) is 11.8 Å². The first-order valence-corrected chi connectivity index (χ1v) is 6.83. The molecule has 0 aromatic rings. The Balaban J connectivity index is 1.95. The summed E-state index contributed by atoms with van der Waals surface area (Å²) in [6, 6.07) is 0. The largest absolute Gasteiger partial charge is 0.468 e. The number of rotatable bonds is 4. The second-order valence-electron chi connectivity index (χ2n) is 4.55. The Morgan fingerprint density at radius 1 is 1.60 bits per heavy atom. The van der Waals surface area contributed by atoms with Gasteiger partial charge in [-0.2, -0.15) is 11.8 Å². The maximum absolute atomic E-state index is 11.8. The van der Waals surface area contributed by atoms with E-state index in [2.05, 4.69) is 5.32 Å². The van der Waals surface area contributed by atoms with Crippen LogP contribution in [0.25, 0.3) is 0 Å². The SMILES string of the molecule is COC(=O)C1(NCC2CC2)CCCSC1. The Morgan fingerprint density at radius 3 is 2.93 bits per heavy atom. The van der Waals surface area contributed by atoms with E-state index in [1.54, 1.807) is 0 Å². The van der Waals surface area contributed by atoms with Crippen molar-refractivity contribution in [2.75, 3.05) is 25.2 Å². The van der Waals surface area contributed by atoms with E-state index in [4.69, 9.17) is 4.74 Å². The summed E-state index contributed by atoms with van der Waals surface area (Å²) in [7, 11) is 1.49. The van der Waals surface area contributed by atoms with Gasteiger partial charge in [0, 0.05) is 5.75 Å². The number of ether oxygens (including phenoxy) is 1. The third-order valence-corrected chi connectivity index (χ3v) is 4.52. The van der Waals surface area contributed by atoms with Crippen LogP contribution in [0.1, 0.15) is 25.7 Å². The summed E-state index contributed by atoms with van der Waals surface area (Å²) in [6.45, 7) is 0.982. The Hall–Kier alpha value is -0.220. The van der Waals surface area contributed by atoms with Gasteiger partial charge >= 0.3 is 5.97 Å². The highest BCUT2D eigenvalue weighted by molar-refractivity contribution is 7.99. The lowest BCUT2D eigenvalue weighted by Crippen LogP contribution is -2.56. The van der Waals surface area contributed by atoms with Crippen LogP contribution in [-0.2, 0) is 9.53 Å². The molecule has 3 nitrogen and oxygen atoms in total. The second kappa shape index (κ2) is 4.74. The fraction of sp³-hybridized carbons (Fsp3) is 0.909. The van der Waals surface area contributed by atoms with Gasteiger partial charge in [-0.25, -0.2) is 0 Å². The minimum atomic E-state index is -0.389. The minimum Gasteiger partial charge on any atom is -0.468 e. The monoisotopic (exact) mass is 229 g/mol. The maximum atomic E-state index is 11.8. The molecular formula is C11H19NO2S. The fourth-order valence-corrected chi connectivity index (χ4v) is 3.23. The molecule has 1 atom stereocenters. The summed E-state index contributed by atoms with van der Waals surface area (Å²) in [5, 5.41) is 3.45. The maximum Gasteiger partial charge on any atom is 0.326 e. The number of hydrogen-bond acceptors (Lipinski definition) is 4. The molecule has 0 radical (unpaired) electrons.